The Balaban J connectivity index is 1.65. The van der Waals surface area contributed by atoms with Crippen molar-refractivity contribution in [1.29, 1.82) is 0 Å². The number of hydrogen-bond donors (Lipinski definition) is 0. The Bertz CT molecular complexity index is 1540. The van der Waals surface area contributed by atoms with Gasteiger partial charge in [-0.05, 0) is 58.7 Å². The van der Waals surface area contributed by atoms with E-state index < -0.39 is 0 Å². The molecule has 0 spiro atoms. The topological polar surface area (TPSA) is 25.8 Å². The van der Waals surface area contributed by atoms with Gasteiger partial charge in [-0.25, -0.2) is 0 Å². The summed E-state index contributed by atoms with van der Waals surface area (Å²) < 4.78 is 0. The Kier molecular flexibility index (Phi) is 4.92. The second-order valence-corrected chi connectivity index (χ2v) is 8.76. The maximum atomic E-state index is 4.90. The van der Waals surface area contributed by atoms with Crippen molar-refractivity contribution in [3.05, 3.63) is 121 Å². The molecule has 0 amide bonds. The molecule has 0 radical (unpaired) electrons. The Labute approximate surface area is 199 Å². The quantitative estimate of drug-likeness (QED) is 0.278. The Hall–Kier alpha value is -4.30. The zero-order valence-corrected chi connectivity index (χ0v) is 19.3. The maximum absolute atomic E-state index is 4.90. The van der Waals surface area contributed by atoms with Crippen LogP contribution in [0.15, 0.2) is 109 Å². The number of aryl methyl sites for hydroxylation is 2. The van der Waals surface area contributed by atoms with Crippen molar-refractivity contribution in [2.24, 2.45) is 0 Å². The van der Waals surface area contributed by atoms with Crippen molar-refractivity contribution in [2.75, 3.05) is 0 Å². The average molecular weight is 437 g/mol. The highest BCUT2D eigenvalue weighted by atomic mass is 14.7. The van der Waals surface area contributed by atoms with Gasteiger partial charge in [0.25, 0.3) is 0 Å². The fraction of sp³-hybridized carbons (Fsp3) is 0.0625. The lowest BCUT2D eigenvalue weighted by Crippen LogP contribution is -1.95. The second kappa shape index (κ2) is 8.24. The van der Waals surface area contributed by atoms with Gasteiger partial charge in [0.1, 0.15) is 0 Å². The first-order chi connectivity index (χ1) is 16.7. The van der Waals surface area contributed by atoms with Gasteiger partial charge in [0, 0.05) is 34.6 Å². The molecule has 6 rings (SSSR count). The summed E-state index contributed by atoms with van der Waals surface area (Å²) >= 11 is 0. The Morgan fingerprint density at radius 1 is 0.412 bits per heavy atom. The number of fused-ring (bicyclic) bond motifs is 2. The van der Waals surface area contributed by atoms with Crippen molar-refractivity contribution in [3.8, 4) is 33.6 Å². The van der Waals surface area contributed by atoms with E-state index in [1.807, 2.05) is 24.5 Å². The SMILES string of the molecule is Cc1cccc2cccc(-c3ncccc3-c3cccnc3-c3cccc4cccc(C)c34)c12. The summed E-state index contributed by atoms with van der Waals surface area (Å²) in [5.41, 5.74) is 8.94. The van der Waals surface area contributed by atoms with Gasteiger partial charge in [0.2, 0.25) is 0 Å². The molecule has 0 saturated heterocycles. The molecule has 0 fully saturated rings. The van der Waals surface area contributed by atoms with Crippen LogP contribution in [0, 0.1) is 13.8 Å². The van der Waals surface area contributed by atoms with E-state index in [4.69, 9.17) is 9.97 Å². The van der Waals surface area contributed by atoms with Gasteiger partial charge in [-0.1, -0.05) is 84.9 Å². The van der Waals surface area contributed by atoms with E-state index in [9.17, 15) is 0 Å². The molecule has 0 N–H and O–H groups in total. The molecule has 34 heavy (non-hydrogen) atoms. The molecular formula is C32H24N2. The summed E-state index contributed by atoms with van der Waals surface area (Å²) in [7, 11) is 0. The first-order valence-corrected chi connectivity index (χ1v) is 11.6. The second-order valence-electron chi connectivity index (χ2n) is 8.76. The highest BCUT2D eigenvalue weighted by molar-refractivity contribution is 6.04. The smallest absolute Gasteiger partial charge is 0.0787 e. The fourth-order valence-electron chi connectivity index (χ4n) is 5.13. The van der Waals surface area contributed by atoms with E-state index in [-0.39, 0.29) is 0 Å². The molecule has 4 aromatic carbocycles. The van der Waals surface area contributed by atoms with Crippen molar-refractivity contribution in [3.63, 3.8) is 0 Å². The summed E-state index contributed by atoms with van der Waals surface area (Å²) in [6.07, 6.45) is 3.77. The number of nitrogens with zero attached hydrogens (tertiary/aromatic N) is 2. The molecule has 0 aliphatic rings. The Morgan fingerprint density at radius 3 is 1.24 bits per heavy atom. The molecule has 0 saturated carbocycles. The highest BCUT2D eigenvalue weighted by Gasteiger charge is 2.18. The van der Waals surface area contributed by atoms with Crippen molar-refractivity contribution in [2.45, 2.75) is 13.8 Å². The van der Waals surface area contributed by atoms with Gasteiger partial charge in [0.15, 0.2) is 0 Å². The van der Waals surface area contributed by atoms with E-state index in [1.54, 1.807) is 0 Å². The molecule has 2 aromatic heterocycles. The van der Waals surface area contributed by atoms with E-state index in [2.05, 4.69) is 98.8 Å². The number of pyridine rings is 2. The molecule has 2 nitrogen and oxygen atoms in total. The molecule has 6 aromatic rings. The summed E-state index contributed by atoms with van der Waals surface area (Å²) in [6, 6.07) is 34.2. The van der Waals surface area contributed by atoms with Crippen molar-refractivity contribution in [1.82, 2.24) is 9.97 Å². The number of benzene rings is 4. The molecule has 2 heterocycles. The van der Waals surface area contributed by atoms with E-state index in [1.165, 1.54) is 32.7 Å². The monoisotopic (exact) mass is 436 g/mol. The summed E-state index contributed by atoms with van der Waals surface area (Å²) in [6.45, 7) is 4.34. The highest BCUT2D eigenvalue weighted by Crippen LogP contribution is 2.40. The van der Waals surface area contributed by atoms with Gasteiger partial charge in [-0.15, -0.1) is 0 Å². The third-order valence-corrected chi connectivity index (χ3v) is 6.64. The molecular weight excluding hydrogens is 412 g/mol. The maximum Gasteiger partial charge on any atom is 0.0787 e. The van der Waals surface area contributed by atoms with Crippen LogP contribution in [0.25, 0.3) is 55.2 Å². The molecule has 2 heteroatoms. The van der Waals surface area contributed by atoms with Crippen LogP contribution >= 0.6 is 0 Å². The third kappa shape index (κ3) is 3.27. The van der Waals surface area contributed by atoms with E-state index in [0.717, 1.165) is 33.6 Å². The lowest BCUT2D eigenvalue weighted by molar-refractivity contribution is 1.30. The predicted octanol–water partition coefficient (Wildman–Crippen LogP) is 8.40. The predicted molar refractivity (Wildman–Crippen MR) is 143 cm³/mol. The molecule has 0 unspecified atom stereocenters. The average Bonchev–Trinajstić information content (AvgIpc) is 2.88. The van der Waals surface area contributed by atoms with Crippen LogP contribution in [0.4, 0.5) is 0 Å². The van der Waals surface area contributed by atoms with Crippen LogP contribution < -0.4 is 0 Å². The van der Waals surface area contributed by atoms with Crippen LogP contribution in [0.2, 0.25) is 0 Å². The number of rotatable bonds is 3. The lowest BCUT2D eigenvalue weighted by atomic mass is 9.90. The fourth-order valence-corrected chi connectivity index (χ4v) is 5.13. The van der Waals surface area contributed by atoms with E-state index >= 15 is 0 Å². The van der Waals surface area contributed by atoms with Gasteiger partial charge in [0.05, 0.1) is 11.4 Å². The minimum atomic E-state index is 0.980. The first-order valence-electron chi connectivity index (χ1n) is 11.6. The minimum Gasteiger partial charge on any atom is -0.256 e. The van der Waals surface area contributed by atoms with Gasteiger partial charge >= 0.3 is 0 Å². The Morgan fingerprint density at radius 2 is 0.794 bits per heavy atom. The van der Waals surface area contributed by atoms with Gasteiger partial charge in [-0.3, -0.25) is 9.97 Å². The summed E-state index contributed by atoms with van der Waals surface area (Å²) in [5.74, 6) is 0. The summed E-state index contributed by atoms with van der Waals surface area (Å²) in [4.78, 5) is 9.81. The van der Waals surface area contributed by atoms with Crippen molar-refractivity contribution < 1.29 is 0 Å². The minimum absolute atomic E-state index is 0.980. The van der Waals surface area contributed by atoms with E-state index in [0.29, 0.717) is 0 Å². The zero-order valence-electron chi connectivity index (χ0n) is 19.3. The standard InChI is InChI=1S/C32H24N2/c1-21-9-3-11-23-13-5-15-27(29(21)23)31-25(17-7-19-33-31)26-18-8-20-34-32(26)28-16-6-14-24-12-4-10-22(2)30(24)28/h3-20H,1-2H3. The molecule has 0 aliphatic carbocycles. The normalized spacial score (nSPS) is 11.2. The van der Waals surface area contributed by atoms with Gasteiger partial charge in [-0.2, -0.15) is 0 Å². The van der Waals surface area contributed by atoms with Crippen LogP contribution in [0.3, 0.4) is 0 Å². The van der Waals surface area contributed by atoms with Crippen LogP contribution in [0.5, 0.6) is 0 Å². The molecule has 162 valence electrons. The lowest BCUT2D eigenvalue weighted by Gasteiger charge is -2.16. The largest absolute Gasteiger partial charge is 0.256 e. The molecule has 0 atom stereocenters. The zero-order chi connectivity index (χ0) is 23.1. The third-order valence-electron chi connectivity index (χ3n) is 6.64. The van der Waals surface area contributed by atoms with Crippen LogP contribution in [-0.2, 0) is 0 Å². The van der Waals surface area contributed by atoms with Crippen molar-refractivity contribution >= 4 is 21.5 Å². The van der Waals surface area contributed by atoms with Crippen LogP contribution in [0.1, 0.15) is 11.1 Å². The number of aromatic nitrogens is 2. The summed E-state index contributed by atoms with van der Waals surface area (Å²) in [5, 5.41) is 4.95. The van der Waals surface area contributed by atoms with Gasteiger partial charge < -0.3 is 0 Å². The molecule has 0 bridgehead atoms. The molecule has 0 aliphatic heterocycles. The number of hydrogen-bond acceptors (Lipinski definition) is 2. The first kappa shape index (κ1) is 20.3. The van der Waals surface area contributed by atoms with Crippen LogP contribution in [-0.4, -0.2) is 9.97 Å².